The third kappa shape index (κ3) is 45.5. The summed E-state index contributed by atoms with van der Waals surface area (Å²) in [6.07, 6.45) is 50.1. The van der Waals surface area contributed by atoms with Crippen molar-refractivity contribution in [3.8, 4) is 0 Å². The second-order valence-electron chi connectivity index (χ2n) is 17.5. The van der Waals surface area contributed by atoms with Crippen molar-refractivity contribution in [2.24, 2.45) is 0 Å². The Morgan fingerprint density at radius 2 is 0.900 bits per heavy atom. The molecule has 60 heavy (non-hydrogen) atoms. The number of hydrogen-bond donors (Lipinski definition) is 1. The highest BCUT2D eigenvalue weighted by molar-refractivity contribution is 7.47. The van der Waals surface area contributed by atoms with Crippen LogP contribution >= 0.6 is 7.82 Å². The van der Waals surface area contributed by atoms with Crippen LogP contribution in [0.15, 0.2) is 48.6 Å². The van der Waals surface area contributed by atoms with Crippen molar-refractivity contribution in [2.45, 2.75) is 213 Å². The van der Waals surface area contributed by atoms with Crippen LogP contribution in [0.3, 0.4) is 0 Å². The summed E-state index contributed by atoms with van der Waals surface area (Å²) in [5.74, 6) is -0.810. The Morgan fingerprint density at radius 1 is 0.517 bits per heavy atom. The third-order valence-electron chi connectivity index (χ3n) is 10.3. The molecule has 0 saturated heterocycles. The highest BCUT2D eigenvalue weighted by atomic mass is 31.2. The number of rotatable bonds is 44. The Labute approximate surface area is 369 Å². The Kier molecular flexibility index (Phi) is 40.8. The molecular weight excluding hydrogens is 774 g/mol. The van der Waals surface area contributed by atoms with Gasteiger partial charge in [0.15, 0.2) is 6.10 Å². The van der Waals surface area contributed by atoms with Gasteiger partial charge < -0.3 is 18.9 Å². The van der Waals surface area contributed by atoms with Crippen molar-refractivity contribution in [3.05, 3.63) is 48.6 Å². The number of ether oxygens (including phenoxy) is 2. The molecule has 10 heteroatoms. The normalized spacial score (nSPS) is 13.9. The lowest BCUT2D eigenvalue weighted by molar-refractivity contribution is -0.870. The summed E-state index contributed by atoms with van der Waals surface area (Å²) >= 11 is 0. The average Bonchev–Trinajstić information content (AvgIpc) is 3.20. The zero-order valence-electron chi connectivity index (χ0n) is 39.4. The quantitative estimate of drug-likeness (QED) is 0.0212. The Balaban J connectivity index is 4.30. The van der Waals surface area contributed by atoms with Gasteiger partial charge >= 0.3 is 19.8 Å². The zero-order chi connectivity index (χ0) is 44.3. The first-order valence-corrected chi connectivity index (χ1v) is 25.9. The number of carbonyl (C=O) groups excluding carboxylic acids is 2. The predicted molar refractivity (Wildman–Crippen MR) is 252 cm³/mol. The van der Waals surface area contributed by atoms with Crippen LogP contribution in [0.4, 0.5) is 0 Å². The van der Waals surface area contributed by atoms with E-state index in [1.165, 1.54) is 116 Å². The van der Waals surface area contributed by atoms with Crippen molar-refractivity contribution in [1.82, 2.24) is 0 Å². The second kappa shape index (κ2) is 42.3. The van der Waals surface area contributed by atoms with Crippen LogP contribution in [0.25, 0.3) is 0 Å². The maximum absolute atomic E-state index is 12.7. The van der Waals surface area contributed by atoms with Gasteiger partial charge in [0.2, 0.25) is 0 Å². The molecule has 0 aromatic carbocycles. The van der Waals surface area contributed by atoms with E-state index < -0.39 is 26.5 Å². The molecule has 0 bridgehead atoms. The summed E-state index contributed by atoms with van der Waals surface area (Å²) in [6, 6.07) is 0. The molecule has 0 aliphatic carbocycles. The number of phosphoric acid groups is 1. The third-order valence-corrected chi connectivity index (χ3v) is 11.3. The van der Waals surface area contributed by atoms with Gasteiger partial charge in [-0.15, -0.1) is 0 Å². The molecule has 1 unspecified atom stereocenters. The fourth-order valence-corrected chi connectivity index (χ4v) is 7.23. The maximum atomic E-state index is 12.7. The van der Waals surface area contributed by atoms with E-state index in [1.54, 1.807) is 0 Å². The van der Waals surface area contributed by atoms with Gasteiger partial charge in [-0.25, -0.2) is 4.57 Å². The van der Waals surface area contributed by atoms with E-state index in [0.717, 1.165) is 57.8 Å². The molecule has 0 saturated carbocycles. The number of allylic oxidation sites excluding steroid dienone is 8. The van der Waals surface area contributed by atoms with E-state index in [4.69, 9.17) is 18.5 Å². The minimum absolute atomic E-state index is 0.0282. The lowest BCUT2D eigenvalue weighted by Crippen LogP contribution is -2.37. The standard InChI is InChI=1S/C50H92NO8P/c1-6-8-10-12-14-16-18-20-22-24-25-27-28-30-32-34-36-38-40-42-49(52)56-46-48(47-58-60(54,55)57-45-44-51(3,4)5)59-50(53)43-41-39-37-35-33-31-29-26-23-21-19-17-15-13-11-9-7-2/h14-17,20-23,48H,6-13,18-19,24-47H2,1-5H3/p+1/b16-14-,17-15-,22-20-,23-21-/t48-/m1/s1. The largest absolute Gasteiger partial charge is 0.472 e. The van der Waals surface area contributed by atoms with Crippen LogP contribution in [0.5, 0.6) is 0 Å². The van der Waals surface area contributed by atoms with Crippen LogP contribution < -0.4 is 0 Å². The fraction of sp³-hybridized carbons (Fsp3) is 0.800. The smallest absolute Gasteiger partial charge is 0.462 e. The topological polar surface area (TPSA) is 108 Å². The molecule has 1 N–H and O–H groups in total. The van der Waals surface area contributed by atoms with Crippen molar-refractivity contribution in [3.63, 3.8) is 0 Å². The van der Waals surface area contributed by atoms with Crippen LogP contribution in [0.2, 0.25) is 0 Å². The lowest BCUT2D eigenvalue weighted by Gasteiger charge is -2.24. The van der Waals surface area contributed by atoms with Gasteiger partial charge in [-0.1, -0.05) is 165 Å². The molecule has 9 nitrogen and oxygen atoms in total. The van der Waals surface area contributed by atoms with Gasteiger partial charge in [0, 0.05) is 12.8 Å². The van der Waals surface area contributed by atoms with Crippen molar-refractivity contribution >= 4 is 19.8 Å². The number of phosphoric ester groups is 1. The SMILES string of the molecule is CCCCC/C=C\C/C=C\CCCCCCCCCCCC(=O)OC[C@H](COP(=O)(O)OCC[N+](C)(C)C)OC(=O)CCCCCCCCC/C=C\C/C=C\CCCCC. The molecule has 0 spiro atoms. The fourth-order valence-electron chi connectivity index (χ4n) is 6.49. The molecule has 0 heterocycles. The highest BCUT2D eigenvalue weighted by Crippen LogP contribution is 2.43. The Morgan fingerprint density at radius 3 is 1.32 bits per heavy atom. The van der Waals surface area contributed by atoms with Crippen molar-refractivity contribution in [1.29, 1.82) is 0 Å². The molecule has 0 radical (unpaired) electrons. The van der Waals surface area contributed by atoms with Crippen molar-refractivity contribution in [2.75, 3.05) is 47.5 Å². The number of quaternary nitrogens is 1. The van der Waals surface area contributed by atoms with Gasteiger partial charge in [0.1, 0.15) is 19.8 Å². The van der Waals surface area contributed by atoms with E-state index >= 15 is 0 Å². The van der Waals surface area contributed by atoms with Crippen LogP contribution in [-0.4, -0.2) is 74.9 Å². The van der Waals surface area contributed by atoms with Gasteiger partial charge in [0.25, 0.3) is 0 Å². The molecule has 0 fully saturated rings. The number of hydrogen-bond acceptors (Lipinski definition) is 7. The highest BCUT2D eigenvalue weighted by Gasteiger charge is 2.27. The van der Waals surface area contributed by atoms with Crippen molar-refractivity contribution < 1.29 is 42.1 Å². The number of unbranched alkanes of at least 4 members (excludes halogenated alkanes) is 22. The summed E-state index contributed by atoms with van der Waals surface area (Å²) < 4.78 is 34.4. The van der Waals surface area contributed by atoms with E-state index in [9.17, 15) is 19.0 Å². The minimum Gasteiger partial charge on any atom is -0.462 e. The summed E-state index contributed by atoms with van der Waals surface area (Å²) in [5, 5.41) is 0. The number of esters is 2. The maximum Gasteiger partial charge on any atom is 0.472 e. The van der Waals surface area contributed by atoms with Crippen LogP contribution in [0.1, 0.15) is 206 Å². The van der Waals surface area contributed by atoms with Crippen LogP contribution in [0, 0.1) is 0 Å². The Bertz CT molecular complexity index is 1160. The van der Waals surface area contributed by atoms with Gasteiger partial charge in [-0.05, 0) is 77.0 Å². The first-order valence-electron chi connectivity index (χ1n) is 24.4. The number of likely N-dealkylation sites (N-methyl/N-ethyl adjacent to an activating group) is 1. The second-order valence-corrected chi connectivity index (χ2v) is 18.9. The number of nitrogens with zero attached hydrogens (tertiary/aromatic N) is 1. The monoisotopic (exact) mass is 867 g/mol. The summed E-state index contributed by atoms with van der Waals surface area (Å²) in [6.45, 7) is 4.37. The van der Waals surface area contributed by atoms with E-state index in [0.29, 0.717) is 17.4 Å². The van der Waals surface area contributed by atoms with E-state index in [2.05, 4.69) is 62.5 Å². The number of carbonyl (C=O) groups is 2. The first-order chi connectivity index (χ1) is 29.0. The molecule has 0 rings (SSSR count). The van der Waals surface area contributed by atoms with Gasteiger partial charge in [0.05, 0.1) is 27.7 Å². The van der Waals surface area contributed by atoms with E-state index in [1.807, 2.05) is 21.1 Å². The van der Waals surface area contributed by atoms with Gasteiger partial charge in [-0.3, -0.25) is 18.6 Å². The molecule has 2 atom stereocenters. The molecule has 0 aliphatic heterocycles. The Hall–Kier alpha value is -2.03. The van der Waals surface area contributed by atoms with E-state index in [-0.39, 0.29) is 32.0 Å². The minimum atomic E-state index is -4.38. The molecule has 0 aliphatic rings. The lowest BCUT2D eigenvalue weighted by atomic mass is 10.1. The molecule has 0 amide bonds. The summed E-state index contributed by atoms with van der Waals surface area (Å²) in [7, 11) is 1.47. The molecule has 0 aromatic heterocycles. The summed E-state index contributed by atoms with van der Waals surface area (Å²) in [4.78, 5) is 35.5. The predicted octanol–water partition coefficient (Wildman–Crippen LogP) is 14.2. The molecule has 0 aromatic rings. The first kappa shape index (κ1) is 58.0. The molecule has 350 valence electrons. The molecular formula is C50H93NO8P+. The van der Waals surface area contributed by atoms with Crippen LogP contribution in [-0.2, 0) is 32.7 Å². The van der Waals surface area contributed by atoms with Gasteiger partial charge in [-0.2, -0.15) is 0 Å². The average molecular weight is 867 g/mol. The zero-order valence-corrected chi connectivity index (χ0v) is 40.3. The summed E-state index contributed by atoms with van der Waals surface area (Å²) in [5.41, 5.74) is 0.